The number of hydrogen-bond donors (Lipinski definition) is 0. The first kappa shape index (κ1) is 20.3. The van der Waals surface area contributed by atoms with Crippen LogP contribution in [0.15, 0.2) is 72.8 Å². The number of carbonyl (C=O) groups excluding carboxylic acids is 2. The van der Waals surface area contributed by atoms with Gasteiger partial charge in [0.1, 0.15) is 5.92 Å². The molecular weight excluding hydrogens is 459 g/mol. The zero-order valence-corrected chi connectivity index (χ0v) is 18.2. The molecule has 3 atom stereocenters. The van der Waals surface area contributed by atoms with Gasteiger partial charge < -0.3 is 0 Å². The summed E-state index contributed by atoms with van der Waals surface area (Å²) in [7, 11) is 0. The van der Waals surface area contributed by atoms with Gasteiger partial charge in [-0.2, -0.15) is 0 Å². The van der Waals surface area contributed by atoms with E-state index in [1.54, 1.807) is 29.3 Å². The minimum Gasteiger partial charge on any atom is -0.273 e. The monoisotopic (exact) mass is 472 g/mol. The molecule has 0 aromatic heterocycles. The van der Waals surface area contributed by atoms with E-state index in [1.165, 1.54) is 6.07 Å². The third kappa shape index (κ3) is 3.38. The molecule has 2 amide bonds. The summed E-state index contributed by atoms with van der Waals surface area (Å²) in [5.41, 5.74) is 1.88. The highest BCUT2D eigenvalue weighted by molar-refractivity contribution is 6.42. The summed E-state index contributed by atoms with van der Waals surface area (Å²) in [6.45, 7) is 0. The molecule has 3 aromatic carbocycles. The van der Waals surface area contributed by atoms with E-state index in [9.17, 15) is 9.59 Å². The normalized spacial score (nSPS) is 22.9. The van der Waals surface area contributed by atoms with Crippen LogP contribution in [0.25, 0.3) is 0 Å². The summed E-state index contributed by atoms with van der Waals surface area (Å²) in [5, 5.41) is 2.76. The van der Waals surface area contributed by atoms with Crippen molar-refractivity contribution in [3.8, 4) is 0 Å². The minimum absolute atomic E-state index is 0.259. The average molecular weight is 474 g/mol. The van der Waals surface area contributed by atoms with E-state index in [0.717, 1.165) is 16.2 Å². The van der Waals surface area contributed by atoms with Crippen molar-refractivity contribution in [2.24, 2.45) is 5.92 Å². The fraction of sp³-hybridized carbons (Fsp3) is 0.130. The van der Waals surface area contributed by atoms with Gasteiger partial charge in [0.25, 0.3) is 5.91 Å². The number of imide groups is 1. The van der Waals surface area contributed by atoms with Crippen molar-refractivity contribution in [3.05, 3.63) is 93.4 Å². The van der Waals surface area contributed by atoms with Crippen LogP contribution in [0.3, 0.4) is 0 Å². The van der Waals surface area contributed by atoms with E-state index in [2.05, 4.69) is 0 Å². The maximum atomic E-state index is 13.5. The van der Waals surface area contributed by atoms with Crippen LogP contribution in [0.1, 0.15) is 11.6 Å². The molecular formula is C23H15Cl3N2O3. The third-order valence-electron chi connectivity index (χ3n) is 5.48. The Morgan fingerprint density at radius 2 is 1.52 bits per heavy atom. The van der Waals surface area contributed by atoms with Crippen LogP contribution >= 0.6 is 34.8 Å². The Bertz CT molecular complexity index is 1190. The number of hydrogen-bond acceptors (Lipinski definition) is 4. The van der Waals surface area contributed by atoms with Crippen LogP contribution in [0.5, 0.6) is 0 Å². The topological polar surface area (TPSA) is 49.9 Å². The van der Waals surface area contributed by atoms with Gasteiger partial charge in [0.15, 0.2) is 6.10 Å². The highest BCUT2D eigenvalue weighted by Gasteiger charge is 2.60. The summed E-state index contributed by atoms with van der Waals surface area (Å²) in [5.74, 6) is -1.56. The van der Waals surface area contributed by atoms with Gasteiger partial charge in [-0.25, -0.2) is 9.96 Å². The van der Waals surface area contributed by atoms with Crippen LogP contribution in [-0.4, -0.2) is 17.9 Å². The van der Waals surface area contributed by atoms with Crippen LogP contribution in [0, 0.1) is 5.92 Å². The molecule has 0 N–H and O–H groups in total. The van der Waals surface area contributed by atoms with Crippen LogP contribution < -0.4 is 9.96 Å². The van der Waals surface area contributed by atoms with Crippen LogP contribution in [0.4, 0.5) is 11.4 Å². The van der Waals surface area contributed by atoms with Crippen LogP contribution in [0.2, 0.25) is 15.1 Å². The predicted molar refractivity (Wildman–Crippen MR) is 120 cm³/mol. The number of fused-ring (bicyclic) bond motifs is 1. The summed E-state index contributed by atoms with van der Waals surface area (Å²) >= 11 is 18.3. The number of nitrogens with zero attached hydrogens (tertiary/aromatic N) is 2. The molecule has 0 bridgehead atoms. The fourth-order valence-corrected chi connectivity index (χ4v) is 4.61. The molecule has 0 aliphatic carbocycles. The second kappa shape index (κ2) is 7.84. The number of para-hydroxylation sites is 1. The first-order valence-electron chi connectivity index (χ1n) is 9.55. The zero-order valence-electron chi connectivity index (χ0n) is 15.9. The van der Waals surface area contributed by atoms with E-state index in [-0.39, 0.29) is 10.9 Å². The molecule has 5 rings (SSSR count). The van der Waals surface area contributed by atoms with Gasteiger partial charge in [-0.1, -0.05) is 65.1 Å². The number of amides is 2. The maximum Gasteiger partial charge on any atom is 0.266 e. The highest BCUT2D eigenvalue weighted by Crippen LogP contribution is 2.48. The Balaban J connectivity index is 1.59. The first-order chi connectivity index (χ1) is 15.0. The van der Waals surface area contributed by atoms with Gasteiger partial charge in [-0.15, -0.1) is 0 Å². The number of hydroxylamine groups is 1. The summed E-state index contributed by atoms with van der Waals surface area (Å²) in [4.78, 5) is 34.0. The number of carbonyl (C=O) groups is 2. The lowest BCUT2D eigenvalue weighted by molar-refractivity contribution is -0.126. The second-order valence-corrected chi connectivity index (χ2v) is 8.57. The second-order valence-electron chi connectivity index (χ2n) is 7.32. The molecule has 3 aromatic rings. The van der Waals surface area contributed by atoms with Crippen molar-refractivity contribution < 1.29 is 14.4 Å². The standard InChI is InChI=1S/C23H15Cl3N2O3/c24-14-6-4-5-13(11-14)20-19-21(31-28(20)15-7-2-1-3-8-15)23(30)27(22(19)29)16-9-10-17(25)18(26)12-16/h1-12,19-21H. The predicted octanol–water partition coefficient (Wildman–Crippen LogP) is 5.70. The average Bonchev–Trinajstić information content (AvgIpc) is 3.27. The molecule has 2 aliphatic rings. The molecule has 0 saturated carbocycles. The van der Waals surface area contributed by atoms with Gasteiger partial charge in [-0.3, -0.25) is 14.4 Å². The number of halogens is 3. The molecule has 2 aliphatic heterocycles. The van der Waals surface area contributed by atoms with Crippen molar-refractivity contribution in [1.82, 2.24) is 0 Å². The summed E-state index contributed by atoms with van der Waals surface area (Å²) in [6, 6.07) is 20.7. The van der Waals surface area contributed by atoms with Gasteiger partial charge in [0.2, 0.25) is 5.91 Å². The molecule has 0 spiro atoms. The molecule has 0 radical (unpaired) electrons. The van der Waals surface area contributed by atoms with E-state index < -0.39 is 24.0 Å². The molecule has 3 unspecified atom stereocenters. The maximum absolute atomic E-state index is 13.5. The largest absolute Gasteiger partial charge is 0.273 e. The van der Waals surface area contributed by atoms with Gasteiger partial charge >= 0.3 is 0 Å². The summed E-state index contributed by atoms with van der Waals surface area (Å²) in [6.07, 6.45) is -0.967. The van der Waals surface area contributed by atoms with Gasteiger partial charge in [0, 0.05) is 5.02 Å². The first-order valence-corrected chi connectivity index (χ1v) is 10.7. The molecule has 2 saturated heterocycles. The Labute approximate surface area is 193 Å². The SMILES string of the molecule is O=C1C2ON(c3ccccc3)C(c3cccc(Cl)c3)C2C(=O)N1c1ccc(Cl)c(Cl)c1. The lowest BCUT2D eigenvalue weighted by Gasteiger charge is -2.28. The Morgan fingerprint density at radius 3 is 2.23 bits per heavy atom. The smallest absolute Gasteiger partial charge is 0.266 e. The van der Waals surface area contributed by atoms with E-state index in [0.29, 0.717) is 15.7 Å². The molecule has 8 heteroatoms. The number of benzene rings is 3. The van der Waals surface area contributed by atoms with Crippen molar-refractivity contribution in [2.75, 3.05) is 9.96 Å². The third-order valence-corrected chi connectivity index (χ3v) is 6.45. The van der Waals surface area contributed by atoms with E-state index in [4.69, 9.17) is 39.6 Å². The van der Waals surface area contributed by atoms with Gasteiger partial charge in [0.05, 0.1) is 27.5 Å². The molecule has 156 valence electrons. The number of anilines is 2. The summed E-state index contributed by atoms with van der Waals surface area (Å²) < 4.78 is 0. The molecule has 5 nitrogen and oxygen atoms in total. The van der Waals surface area contributed by atoms with Crippen LogP contribution in [-0.2, 0) is 14.4 Å². The van der Waals surface area contributed by atoms with E-state index in [1.807, 2.05) is 42.5 Å². The van der Waals surface area contributed by atoms with Crippen molar-refractivity contribution >= 4 is 58.0 Å². The highest BCUT2D eigenvalue weighted by atomic mass is 35.5. The van der Waals surface area contributed by atoms with Gasteiger partial charge in [-0.05, 0) is 48.0 Å². The lowest BCUT2D eigenvalue weighted by Crippen LogP contribution is -2.37. The molecule has 31 heavy (non-hydrogen) atoms. The Hall–Kier alpha value is -2.57. The fourth-order valence-electron chi connectivity index (χ4n) is 4.12. The number of rotatable bonds is 3. The lowest BCUT2D eigenvalue weighted by atomic mass is 9.90. The van der Waals surface area contributed by atoms with Crippen molar-refractivity contribution in [3.63, 3.8) is 0 Å². The molecule has 2 fully saturated rings. The van der Waals surface area contributed by atoms with Crippen molar-refractivity contribution in [1.29, 1.82) is 0 Å². The zero-order chi connectivity index (χ0) is 21.7. The Morgan fingerprint density at radius 1 is 0.742 bits per heavy atom. The van der Waals surface area contributed by atoms with E-state index >= 15 is 0 Å². The van der Waals surface area contributed by atoms with Crippen molar-refractivity contribution in [2.45, 2.75) is 12.1 Å². The molecule has 2 heterocycles. The Kier molecular flexibility index (Phi) is 5.15. The minimum atomic E-state index is -0.967. The quantitative estimate of drug-likeness (QED) is 0.458.